The molecule has 2 aliphatic heterocycles. The molecule has 4 heteroatoms. The van der Waals surface area contributed by atoms with Gasteiger partial charge in [0.1, 0.15) is 0 Å². The van der Waals surface area contributed by atoms with Gasteiger partial charge in [0.05, 0.1) is 24.0 Å². The van der Waals surface area contributed by atoms with Crippen molar-refractivity contribution in [2.75, 3.05) is 27.4 Å². The highest BCUT2D eigenvalue weighted by molar-refractivity contribution is 5.11. The number of rotatable bonds is 7. The summed E-state index contributed by atoms with van der Waals surface area (Å²) in [7, 11) is 3.41. The predicted molar refractivity (Wildman–Crippen MR) is 72.6 cm³/mol. The van der Waals surface area contributed by atoms with Crippen LogP contribution in [0, 0.1) is 16.7 Å². The van der Waals surface area contributed by atoms with E-state index in [0.717, 1.165) is 26.1 Å². The largest absolute Gasteiger partial charge is 0.355 e. The summed E-state index contributed by atoms with van der Waals surface area (Å²) in [6.07, 6.45) is 3.75. The third-order valence-electron chi connectivity index (χ3n) is 5.16. The Labute approximate surface area is 116 Å². The summed E-state index contributed by atoms with van der Waals surface area (Å²) in [6, 6.07) is 0. The maximum absolute atomic E-state index is 5.60. The van der Waals surface area contributed by atoms with Crippen molar-refractivity contribution >= 4 is 0 Å². The molecule has 0 aromatic heterocycles. The summed E-state index contributed by atoms with van der Waals surface area (Å²) in [6.45, 7) is 9.89. The van der Waals surface area contributed by atoms with Gasteiger partial charge in [-0.2, -0.15) is 0 Å². The number of allylic oxidation sites excluding steroid dienone is 1. The Balaban J connectivity index is 2.30. The third kappa shape index (κ3) is 1.88. The van der Waals surface area contributed by atoms with Crippen LogP contribution < -0.4 is 0 Å². The van der Waals surface area contributed by atoms with Crippen LogP contribution in [0.5, 0.6) is 0 Å². The number of ether oxygens (including phenoxy) is 4. The first-order valence-electron chi connectivity index (χ1n) is 7.06. The lowest BCUT2D eigenvalue weighted by Crippen LogP contribution is -2.67. The minimum absolute atomic E-state index is 0.00687. The molecule has 4 atom stereocenters. The van der Waals surface area contributed by atoms with Crippen molar-refractivity contribution in [2.24, 2.45) is 16.7 Å². The third-order valence-corrected chi connectivity index (χ3v) is 5.16. The van der Waals surface area contributed by atoms with E-state index in [1.165, 1.54) is 0 Å². The Morgan fingerprint density at radius 2 is 1.53 bits per heavy atom. The highest BCUT2D eigenvalue weighted by Crippen LogP contribution is 2.58. The molecule has 0 radical (unpaired) electrons. The van der Waals surface area contributed by atoms with Gasteiger partial charge < -0.3 is 18.9 Å². The SMILES string of the molecule is C=CC(C1(CC)COC1OC)C1(CC)COC1OC. The molecular formula is C15H26O4. The maximum Gasteiger partial charge on any atom is 0.165 e. The van der Waals surface area contributed by atoms with Crippen LogP contribution in [0.1, 0.15) is 26.7 Å². The number of hydrogen-bond donors (Lipinski definition) is 0. The van der Waals surface area contributed by atoms with Gasteiger partial charge in [0.25, 0.3) is 0 Å². The second kappa shape index (κ2) is 5.52. The molecule has 2 rings (SSSR count). The first-order valence-corrected chi connectivity index (χ1v) is 7.06. The molecule has 0 spiro atoms. The molecule has 0 bridgehead atoms. The fourth-order valence-electron chi connectivity index (χ4n) is 3.83. The average Bonchev–Trinajstić information content (AvgIpc) is 2.37. The van der Waals surface area contributed by atoms with E-state index in [1.54, 1.807) is 14.2 Å². The number of methoxy groups -OCH3 is 2. The van der Waals surface area contributed by atoms with E-state index in [9.17, 15) is 0 Å². The van der Waals surface area contributed by atoms with Crippen molar-refractivity contribution in [1.82, 2.24) is 0 Å². The molecule has 4 nitrogen and oxygen atoms in total. The molecule has 0 aromatic carbocycles. The first kappa shape index (κ1) is 15.0. The fraction of sp³-hybridized carbons (Fsp3) is 0.867. The summed E-state index contributed by atoms with van der Waals surface area (Å²) in [5.41, 5.74) is -0.0137. The summed E-state index contributed by atoms with van der Waals surface area (Å²) >= 11 is 0. The Morgan fingerprint density at radius 1 is 1.11 bits per heavy atom. The van der Waals surface area contributed by atoms with E-state index >= 15 is 0 Å². The molecule has 0 N–H and O–H groups in total. The van der Waals surface area contributed by atoms with Crippen LogP contribution in [-0.2, 0) is 18.9 Å². The normalized spacial score (nSPS) is 43.2. The molecule has 0 aliphatic carbocycles. The van der Waals surface area contributed by atoms with Gasteiger partial charge in [0.15, 0.2) is 12.6 Å². The van der Waals surface area contributed by atoms with Gasteiger partial charge in [0.2, 0.25) is 0 Å². The zero-order valence-corrected chi connectivity index (χ0v) is 12.5. The maximum atomic E-state index is 5.60. The summed E-state index contributed by atoms with van der Waals surface area (Å²) < 4.78 is 22.2. The Bertz CT molecular complexity index is 292. The minimum Gasteiger partial charge on any atom is -0.355 e. The lowest BCUT2D eigenvalue weighted by Gasteiger charge is -2.61. The van der Waals surface area contributed by atoms with Crippen molar-refractivity contribution in [1.29, 1.82) is 0 Å². The predicted octanol–water partition coefficient (Wildman–Crippen LogP) is 2.59. The van der Waals surface area contributed by atoms with Crippen molar-refractivity contribution < 1.29 is 18.9 Å². The fourth-order valence-corrected chi connectivity index (χ4v) is 3.83. The molecule has 2 saturated heterocycles. The van der Waals surface area contributed by atoms with Crippen LogP contribution in [0.4, 0.5) is 0 Å². The van der Waals surface area contributed by atoms with Gasteiger partial charge in [-0.05, 0) is 12.8 Å². The van der Waals surface area contributed by atoms with E-state index < -0.39 is 0 Å². The molecule has 19 heavy (non-hydrogen) atoms. The van der Waals surface area contributed by atoms with Gasteiger partial charge >= 0.3 is 0 Å². The summed E-state index contributed by atoms with van der Waals surface area (Å²) in [4.78, 5) is 0. The number of hydrogen-bond acceptors (Lipinski definition) is 4. The molecule has 0 saturated carbocycles. The smallest absolute Gasteiger partial charge is 0.165 e. The molecule has 0 aromatic rings. The van der Waals surface area contributed by atoms with Crippen molar-refractivity contribution in [2.45, 2.75) is 39.3 Å². The zero-order chi connectivity index (χ0) is 14.1. The second-order valence-corrected chi connectivity index (χ2v) is 5.64. The molecule has 2 heterocycles. The van der Waals surface area contributed by atoms with Gasteiger partial charge in [-0.25, -0.2) is 0 Å². The Morgan fingerprint density at radius 3 is 1.68 bits per heavy atom. The van der Waals surface area contributed by atoms with E-state index in [4.69, 9.17) is 18.9 Å². The van der Waals surface area contributed by atoms with E-state index in [1.807, 2.05) is 0 Å². The van der Waals surface area contributed by atoms with Crippen LogP contribution in [0.3, 0.4) is 0 Å². The Hall–Kier alpha value is -0.420. The van der Waals surface area contributed by atoms with Gasteiger partial charge in [-0.1, -0.05) is 19.9 Å². The summed E-state index contributed by atoms with van der Waals surface area (Å²) in [5.74, 6) is 0.271. The van der Waals surface area contributed by atoms with E-state index in [2.05, 4.69) is 26.5 Å². The topological polar surface area (TPSA) is 36.9 Å². The molecule has 110 valence electrons. The Kier molecular flexibility index (Phi) is 4.35. The highest BCUT2D eigenvalue weighted by atomic mass is 16.7. The van der Waals surface area contributed by atoms with Crippen LogP contribution in [-0.4, -0.2) is 40.0 Å². The van der Waals surface area contributed by atoms with E-state index in [-0.39, 0.29) is 29.3 Å². The molecule has 0 amide bonds. The van der Waals surface area contributed by atoms with Crippen LogP contribution >= 0.6 is 0 Å². The summed E-state index contributed by atoms with van der Waals surface area (Å²) in [5, 5.41) is 0. The first-order chi connectivity index (χ1) is 9.15. The lowest BCUT2D eigenvalue weighted by molar-refractivity contribution is -0.373. The van der Waals surface area contributed by atoms with E-state index in [0.29, 0.717) is 0 Å². The monoisotopic (exact) mass is 270 g/mol. The molecule has 4 unspecified atom stereocenters. The second-order valence-electron chi connectivity index (χ2n) is 5.64. The zero-order valence-electron chi connectivity index (χ0n) is 12.5. The van der Waals surface area contributed by atoms with Crippen molar-refractivity contribution in [3.8, 4) is 0 Å². The quantitative estimate of drug-likeness (QED) is 0.666. The lowest BCUT2D eigenvalue weighted by atomic mass is 9.56. The van der Waals surface area contributed by atoms with Crippen LogP contribution in [0.2, 0.25) is 0 Å². The van der Waals surface area contributed by atoms with Crippen molar-refractivity contribution in [3.63, 3.8) is 0 Å². The van der Waals surface area contributed by atoms with Gasteiger partial charge in [-0.15, -0.1) is 6.58 Å². The van der Waals surface area contributed by atoms with Gasteiger partial charge in [-0.3, -0.25) is 0 Å². The van der Waals surface area contributed by atoms with Crippen LogP contribution in [0.25, 0.3) is 0 Å². The minimum atomic E-state index is -0.151. The standard InChI is InChI=1S/C15H26O4/c1-6-11(14(7-2)9-18-12(14)16-4)15(8-3)10-19-13(15)17-5/h6,11-13H,1,7-10H2,2-5H3. The van der Waals surface area contributed by atoms with Crippen molar-refractivity contribution in [3.05, 3.63) is 12.7 Å². The van der Waals surface area contributed by atoms with Crippen LogP contribution in [0.15, 0.2) is 12.7 Å². The van der Waals surface area contributed by atoms with Gasteiger partial charge in [0, 0.05) is 20.1 Å². The average molecular weight is 270 g/mol. The molecule has 2 fully saturated rings. The molecular weight excluding hydrogens is 244 g/mol. The highest BCUT2D eigenvalue weighted by Gasteiger charge is 2.63. The molecule has 2 aliphatic rings.